The Morgan fingerprint density at radius 3 is 1.02 bits per heavy atom. The molecule has 0 unspecified atom stereocenters. The van der Waals surface area contributed by atoms with Crippen LogP contribution in [0.3, 0.4) is 0 Å². The highest BCUT2D eigenvalue weighted by molar-refractivity contribution is 7.64. The quantitative estimate of drug-likeness (QED) is 0.310. The maximum Gasteiger partial charge on any atom is 0.0919 e. The summed E-state index contributed by atoms with van der Waals surface area (Å²) in [7, 11) is -3.43. The summed E-state index contributed by atoms with van der Waals surface area (Å²) in [6.07, 6.45) is 14.3. The summed E-state index contributed by atoms with van der Waals surface area (Å²) < 4.78 is 24.0. The Morgan fingerprint density at radius 1 is 0.465 bits per heavy atom. The predicted molar refractivity (Wildman–Crippen MR) is 211 cm³/mol. The second kappa shape index (κ2) is 40.9. The van der Waals surface area contributed by atoms with Crippen LogP contribution < -0.4 is 0 Å². The first-order valence-electron chi connectivity index (χ1n) is 16.2. The molecule has 2 heterocycles. The normalized spacial score (nSPS) is 14.4. The molecule has 2 saturated heterocycles. The van der Waals surface area contributed by atoms with Crippen molar-refractivity contribution in [3.05, 3.63) is 71.8 Å². The Balaban J connectivity index is -0.0000000798. The van der Waals surface area contributed by atoms with Crippen molar-refractivity contribution >= 4 is 14.3 Å². The van der Waals surface area contributed by atoms with Gasteiger partial charge in [0.15, 0.2) is 0 Å². The molecular weight excluding hydrogens is 562 g/mol. The molecular formula is C39H82O2P2. The Bertz CT molecular complexity index is 800. The summed E-state index contributed by atoms with van der Waals surface area (Å²) in [5.74, 6) is 0. The van der Waals surface area contributed by atoms with Crippen molar-refractivity contribution in [2.24, 2.45) is 0 Å². The number of benzene rings is 2. The number of rotatable bonds is 4. The van der Waals surface area contributed by atoms with E-state index in [2.05, 4.69) is 50.2 Å². The smallest absolute Gasteiger partial charge is 0.0919 e. The zero-order valence-electron chi connectivity index (χ0n) is 27.7. The Hall–Kier alpha value is -1.10. The lowest BCUT2D eigenvalue weighted by Gasteiger charge is -2.22. The van der Waals surface area contributed by atoms with Crippen molar-refractivity contribution < 1.29 is 9.13 Å². The first-order valence-corrected chi connectivity index (χ1v) is 20.7. The highest BCUT2D eigenvalue weighted by atomic mass is 31.2. The van der Waals surface area contributed by atoms with E-state index in [1.807, 2.05) is 79.7 Å². The highest BCUT2D eigenvalue weighted by Crippen LogP contribution is 2.53. The largest absolute Gasteiger partial charge is 0.324 e. The molecule has 2 aromatic rings. The molecule has 2 nitrogen and oxygen atoms in total. The fourth-order valence-corrected chi connectivity index (χ4v) is 9.75. The van der Waals surface area contributed by atoms with E-state index >= 15 is 0 Å². The first kappa shape index (κ1) is 57.5. The van der Waals surface area contributed by atoms with Crippen LogP contribution in [0.4, 0.5) is 0 Å². The number of hydrogen-bond donors (Lipinski definition) is 0. The molecule has 4 rings (SSSR count). The average Bonchev–Trinajstić information content (AvgIpc) is 3.03. The minimum Gasteiger partial charge on any atom is -0.324 e. The minimum atomic E-state index is -1.84. The molecule has 2 aliphatic heterocycles. The molecule has 0 atom stereocenters. The first-order chi connectivity index (χ1) is 19.0. The molecule has 0 aromatic heterocycles. The van der Waals surface area contributed by atoms with Gasteiger partial charge in [-0.2, -0.15) is 0 Å². The molecule has 4 heteroatoms. The van der Waals surface area contributed by atoms with Gasteiger partial charge < -0.3 is 9.13 Å². The third-order valence-electron chi connectivity index (χ3n) is 6.40. The second-order valence-electron chi connectivity index (χ2n) is 8.93. The van der Waals surface area contributed by atoms with Crippen molar-refractivity contribution in [2.75, 3.05) is 30.8 Å². The summed E-state index contributed by atoms with van der Waals surface area (Å²) in [5, 5.41) is 0. The van der Waals surface area contributed by atoms with Crippen LogP contribution >= 0.6 is 14.3 Å². The maximum atomic E-state index is 12.4. The summed E-state index contributed by atoms with van der Waals surface area (Å²) in [6, 6.07) is 20.7. The van der Waals surface area contributed by atoms with E-state index in [0.29, 0.717) is 0 Å². The van der Waals surface area contributed by atoms with Crippen LogP contribution in [-0.2, 0) is 21.7 Å². The summed E-state index contributed by atoms with van der Waals surface area (Å²) in [5.41, 5.74) is 2.66. The lowest BCUT2D eigenvalue weighted by Crippen LogP contribution is -2.05. The zero-order valence-corrected chi connectivity index (χ0v) is 29.5. The van der Waals surface area contributed by atoms with Gasteiger partial charge in [0.25, 0.3) is 0 Å². The SMILES string of the molecule is C.C.C.C.CC.CC.CC.CC.CCP1(=O)CCCCC1.CCc1ccccc1.O=P1(Cc2ccccc2)CCCCC1. The minimum absolute atomic E-state index is 0. The maximum absolute atomic E-state index is 12.4. The predicted octanol–water partition coefficient (Wildman–Crippen LogP) is 15.2. The summed E-state index contributed by atoms with van der Waals surface area (Å²) in [4.78, 5) is 0. The van der Waals surface area contributed by atoms with E-state index in [-0.39, 0.29) is 29.7 Å². The van der Waals surface area contributed by atoms with Gasteiger partial charge in [-0.3, -0.25) is 0 Å². The van der Waals surface area contributed by atoms with Gasteiger partial charge in [-0.1, -0.05) is 172 Å². The van der Waals surface area contributed by atoms with Crippen molar-refractivity contribution in [1.29, 1.82) is 0 Å². The fraction of sp³-hybridized carbons (Fsp3) is 0.692. The highest BCUT2D eigenvalue weighted by Gasteiger charge is 2.24. The lowest BCUT2D eigenvalue weighted by atomic mass is 10.2. The van der Waals surface area contributed by atoms with E-state index in [1.165, 1.54) is 49.7 Å². The van der Waals surface area contributed by atoms with E-state index in [1.54, 1.807) is 0 Å². The molecule has 43 heavy (non-hydrogen) atoms. The number of hydrogen-bond acceptors (Lipinski definition) is 2. The average molecular weight is 645 g/mol. The van der Waals surface area contributed by atoms with Crippen molar-refractivity contribution in [3.8, 4) is 0 Å². The van der Waals surface area contributed by atoms with Gasteiger partial charge in [0.1, 0.15) is 0 Å². The van der Waals surface area contributed by atoms with Crippen molar-refractivity contribution in [3.63, 3.8) is 0 Å². The molecule has 260 valence electrons. The zero-order chi connectivity index (χ0) is 30.4. The molecule has 0 amide bonds. The van der Waals surface area contributed by atoms with E-state index in [0.717, 1.165) is 43.4 Å². The van der Waals surface area contributed by atoms with Crippen molar-refractivity contribution in [2.45, 2.75) is 150 Å². The van der Waals surface area contributed by atoms with Gasteiger partial charge in [-0.05, 0) is 49.4 Å². The van der Waals surface area contributed by atoms with Crippen molar-refractivity contribution in [1.82, 2.24) is 0 Å². The lowest BCUT2D eigenvalue weighted by molar-refractivity contribution is 0.558. The van der Waals surface area contributed by atoms with Gasteiger partial charge in [-0.15, -0.1) is 0 Å². The Morgan fingerprint density at radius 2 is 0.767 bits per heavy atom. The Kier molecular flexibility index (Phi) is 54.7. The topological polar surface area (TPSA) is 34.1 Å². The summed E-state index contributed by atoms with van der Waals surface area (Å²) >= 11 is 0. The van der Waals surface area contributed by atoms with Crippen LogP contribution in [-0.4, -0.2) is 30.8 Å². The van der Waals surface area contributed by atoms with Crippen LogP contribution in [0, 0.1) is 0 Å². The third-order valence-corrected chi connectivity index (χ3v) is 13.0. The Labute approximate surface area is 275 Å². The standard InChI is InChI=1S/C12H17OP.C8H10.C7H15OP.4C2H6.4CH4/c13-14(9-5-2-6-10-14)11-12-7-3-1-4-8-12;1-2-8-6-4-3-5-7-8;1-2-9(8)6-4-3-5-7-9;4*1-2;;;;/h1,3-4,7-8H,2,5-6,9-11H2;3-7H,2H2,1H3;2-7H2,1H3;4*1-2H3;4*1H4. The second-order valence-corrected chi connectivity index (χ2v) is 15.9. The molecule has 0 saturated carbocycles. The molecule has 0 aliphatic carbocycles. The van der Waals surface area contributed by atoms with E-state index < -0.39 is 14.3 Å². The third kappa shape index (κ3) is 30.7. The summed E-state index contributed by atoms with van der Waals surface area (Å²) in [6.45, 7) is 20.2. The van der Waals surface area contributed by atoms with Crippen LogP contribution in [0.2, 0.25) is 0 Å². The van der Waals surface area contributed by atoms with Crippen LogP contribution in [0.15, 0.2) is 60.7 Å². The fourth-order valence-electron chi connectivity index (χ4n) is 4.28. The van der Waals surface area contributed by atoms with Gasteiger partial charge >= 0.3 is 0 Å². The molecule has 2 fully saturated rings. The van der Waals surface area contributed by atoms with Gasteiger partial charge in [0, 0.05) is 30.8 Å². The van der Waals surface area contributed by atoms with Crippen LogP contribution in [0.25, 0.3) is 0 Å². The molecule has 0 radical (unpaired) electrons. The molecule has 2 aliphatic rings. The molecule has 0 spiro atoms. The van der Waals surface area contributed by atoms with Gasteiger partial charge in [0.05, 0.1) is 14.3 Å². The van der Waals surface area contributed by atoms with Gasteiger partial charge in [-0.25, -0.2) is 0 Å². The van der Waals surface area contributed by atoms with E-state index in [9.17, 15) is 9.13 Å². The number of aryl methyl sites for hydroxylation is 1. The molecule has 2 aromatic carbocycles. The monoisotopic (exact) mass is 645 g/mol. The van der Waals surface area contributed by atoms with Gasteiger partial charge in [0.2, 0.25) is 0 Å². The van der Waals surface area contributed by atoms with Crippen LogP contribution in [0.5, 0.6) is 0 Å². The van der Waals surface area contributed by atoms with Crippen LogP contribution in [0.1, 0.15) is 149 Å². The molecule has 0 bridgehead atoms. The van der Waals surface area contributed by atoms with E-state index in [4.69, 9.17) is 0 Å². The molecule has 0 N–H and O–H groups in total.